The molecule has 1 aliphatic heterocycles. The quantitative estimate of drug-likeness (QED) is 0.666. The number of fused-ring (bicyclic) bond motifs is 1. The van der Waals surface area contributed by atoms with Crippen LogP contribution in [0.25, 0.3) is 0 Å². The Kier molecular flexibility index (Phi) is 7.02. The second kappa shape index (κ2) is 9.72. The molecule has 2 aromatic rings. The van der Waals surface area contributed by atoms with Gasteiger partial charge in [0.1, 0.15) is 17.5 Å². The number of methoxy groups -OCH3 is 3. The normalized spacial score (nSPS) is 13.4. The highest BCUT2D eigenvalue weighted by Gasteiger charge is 2.33. The molecule has 0 aliphatic carbocycles. The number of nitrogens with one attached hydrogen (secondary N) is 1. The minimum absolute atomic E-state index is 0.141. The van der Waals surface area contributed by atoms with Crippen molar-refractivity contribution in [3.05, 3.63) is 53.1 Å². The van der Waals surface area contributed by atoms with Gasteiger partial charge in [-0.2, -0.15) is 0 Å². The molecule has 3 rings (SSSR count). The second-order valence-corrected chi connectivity index (χ2v) is 7.87. The van der Waals surface area contributed by atoms with Crippen molar-refractivity contribution >= 4 is 23.5 Å². The number of carbonyl (C=O) groups excluding carboxylic acids is 3. The molecule has 1 aliphatic rings. The van der Waals surface area contributed by atoms with Crippen molar-refractivity contribution in [3.63, 3.8) is 0 Å². The molecule has 0 unspecified atom stereocenters. The molecule has 0 saturated carbocycles. The van der Waals surface area contributed by atoms with E-state index in [1.54, 1.807) is 41.3 Å². The zero-order valence-corrected chi connectivity index (χ0v) is 18.9. The van der Waals surface area contributed by atoms with Gasteiger partial charge in [0.15, 0.2) is 0 Å². The van der Waals surface area contributed by atoms with Crippen LogP contribution >= 0.6 is 0 Å². The summed E-state index contributed by atoms with van der Waals surface area (Å²) in [6, 6.07) is 9.27. The molecule has 2 aromatic carbocycles. The van der Waals surface area contributed by atoms with E-state index in [9.17, 15) is 14.4 Å². The second-order valence-electron chi connectivity index (χ2n) is 7.87. The van der Waals surface area contributed by atoms with Crippen LogP contribution in [0.4, 0.5) is 5.69 Å². The first kappa shape index (κ1) is 23.1. The van der Waals surface area contributed by atoms with Gasteiger partial charge in [0.05, 0.1) is 26.9 Å². The number of hydrogen-bond donors (Lipinski definition) is 1. The van der Waals surface area contributed by atoms with Gasteiger partial charge in [-0.05, 0) is 48.2 Å². The Morgan fingerprint density at radius 3 is 2.16 bits per heavy atom. The van der Waals surface area contributed by atoms with Crippen molar-refractivity contribution in [2.45, 2.75) is 26.3 Å². The van der Waals surface area contributed by atoms with Crippen LogP contribution in [0.1, 0.15) is 40.1 Å². The first-order valence-electron chi connectivity index (χ1n) is 10.4. The Bertz CT molecular complexity index is 1010. The van der Waals surface area contributed by atoms with Crippen LogP contribution < -0.4 is 19.7 Å². The monoisotopic (exact) mass is 440 g/mol. The Morgan fingerprint density at radius 2 is 1.59 bits per heavy atom. The van der Waals surface area contributed by atoms with Crippen LogP contribution in [0.15, 0.2) is 36.4 Å². The van der Waals surface area contributed by atoms with Crippen LogP contribution in [0.3, 0.4) is 0 Å². The first-order chi connectivity index (χ1) is 15.3. The van der Waals surface area contributed by atoms with Crippen LogP contribution in [0, 0.1) is 5.92 Å². The lowest BCUT2D eigenvalue weighted by Gasteiger charge is -2.27. The van der Waals surface area contributed by atoms with Gasteiger partial charge < -0.3 is 24.4 Å². The summed E-state index contributed by atoms with van der Waals surface area (Å²) >= 11 is 0. The van der Waals surface area contributed by atoms with Crippen molar-refractivity contribution in [2.24, 2.45) is 5.92 Å². The summed E-state index contributed by atoms with van der Waals surface area (Å²) < 4.78 is 15.2. The Morgan fingerprint density at radius 1 is 0.938 bits per heavy atom. The summed E-state index contributed by atoms with van der Waals surface area (Å²) in [5, 5.41) is 2.87. The predicted molar refractivity (Wildman–Crippen MR) is 119 cm³/mol. The molecular weight excluding hydrogens is 412 g/mol. The highest BCUT2D eigenvalue weighted by atomic mass is 16.5. The number of nitrogens with zero attached hydrogens (tertiary/aromatic N) is 1. The number of carbonyl (C=O) groups is 3. The number of esters is 1. The number of rotatable bonds is 7. The minimum atomic E-state index is -0.731. The van der Waals surface area contributed by atoms with E-state index in [1.807, 2.05) is 13.8 Å². The van der Waals surface area contributed by atoms with Crippen molar-refractivity contribution in [2.75, 3.05) is 32.8 Å². The maximum absolute atomic E-state index is 13.4. The highest BCUT2D eigenvalue weighted by Crippen LogP contribution is 2.30. The molecule has 0 aromatic heterocycles. The molecule has 0 saturated heterocycles. The molecule has 0 radical (unpaired) electrons. The maximum atomic E-state index is 13.4. The van der Waals surface area contributed by atoms with Crippen molar-refractivity contribution in [3.8, 4) is 11.5 Å². The van der Waals surface area contributed by atoms with Crippen molar-refractivity contribution < 1.29 is 28.6 Å². The number of anilines is 1. The highest BCUT2D eigenvalue weighted by molar-refractivity contribution is 6.04. The maximum Gasteiger partial charge on any atom is 0.337 e. The molecule has 1 N–H and O–H groups in total. The van der Waals surface area contributed by atoms with Crippen LogP contribution in [0.5, 0.6) is 11.5 Å². The Labute approximate surface area is 187 Å². The smallest absolute Gasteiger partial charge is 0.337 e. The van der Waals surface area contributed by atoms with E-state index in [4.69, 9.17) is 14.2 Å². The van der Waals surface area contributed by atoms with Gasteiger partial charge in [-0.3, -0.25) is 9.59 Å². The van der Waals surface area contributed by atoms with E-state index in [0.29, 0.717) is 35.6 Å². The third kappa shape index (κ3) is 4.69. The van der Waals surface area contributed by atoms with Gasteiger partial charge in [-0.15, -0.1) is 0 Å². The summed E-state index contributed by atoms with van der Waals surface area (Å²) in [7, 11) is 4.35. The van der Waals surface area contributed by atoms with Crippen LogP contribution in [-0.2, 0) is 16.0 Å². The molecule has 32 heavy (non-hydrogen) atoms. The van der Waals surface area contributed by atoms with Crippen molar-refractivity contribution in [1.82, 2.24) is 5.32 Å². The molecule has 8 heteroatoms. The van der Waals surface area contributed by atoms with E-state index >= 15 is 0 Å². The zero-order chi connectivity index (χ0) is 23.4. The molecule has 8 nitrogen and oxygen atoms in total. The fourth-order valence-corrected chi connectivity index (χ4v) is 3.72. The molecule has 1 atom stereocenters. The Hall–Kier alpha value is -3.55. The number of amides is 2. The van der Waals surface area contributed by atoms with Gasteiger partial charge in [-0.1, -0.05) is 13.8 Å². The predicted octanol–water partition coefficient (Wildman–Crippen LogP) is 2.83. The summed E-state index contributed by atoms with van der Waals surface area (Å²) in [4.78, 5) is 39.8. The van der Waals surface area contributed by atoms with Crippen LogP contribution in [-0.4, -0.2) is 51.7 Å². The molecule has 0 fully saturated rings. The SMILES string of the molecule is COC(=O)c1ccc2c(c1)CCN2C(=O)[C@H](NC(=O)c1cc(OC)cc(OC)c1)C(C)C. The topological polar surface area (TPSA) is 94.2 Å². The molecule has 2 amide bonds. The lowest BCUT2D eigenvalue weighted by atomic mass is 10.0. The molecule has 170 valence electrons. The van der Waals surface area contributed by atoms with Crippen LogP contribution in [0.2, 0.25) is 0 Å². The van der Waals surface area contributed by atoms with Crippen molar-refractivity contribution in [1.29, 1.82) is 0 Å². The third-order valence-corrected chi connectivity index (χ3v) is 5.50. The molecular formula is C24H28N2O6. The number of hydrogen-bond acceptors (Lipinski definition) is 6. The van der Waals surface area contributed by atoms with E-state index in [-0.39, 0.29) is 11.8 Å². The molecule has 0 bridgehead atoms. The average Bonchev–Trinajstić information content (AvgIpc) is 3.23. The average molecular weight is 440 g/mol. The minimum Gasteiger partial charge on any atom is -0.497 e. The number of ether oxygens (including phenoxy) is 3. The third-order valence-electron chi connectivity index (χ3n) is 5.50. The number of benzene rings is 2. The lowest BCUT2D eigenvalue weighted by molar-refractivity contribution is -0.121. The van der Waals surface area contributed by atoms with Gasteiger partial charge in [0.2, 0.25) is 5.91 Å². The fraction of sp³-hybridized carbons (Fsp3) is 0.375. The fourth-order valence-electron chi connectivity index (χ4n) is 3.72. The van der Waals surface area contributed by atoms with Gasteiger partial charge in [0.25, 0.3) is 5.91 Å². The lowest BCUT2D eigenvalue weighted by Crippen LogP contribution is -2.51. The standard InChI is InChI=1S/C24H28N2O6/c1-14(2)21(25-22(27)17-11-18(30-3)13-19(12-17)31-4)23(28)26-9-8-15-10-16(24(29)32-5)6-7-20(15)26/h6-7,10-14,21H,8-9H2,1-5H3,(H,25,27)/t21-/m1/s1. The Balaban J connectivity index is 1.82. The van der Waals surface area contributed by atoms with E-state index < -0.39 is 17.9 Å². The van der Waals surface area contributed by atoms with E-state index in [1.165, 1.54) is 21.3 Å². The van der Waals surface area contributed by atoms with Gasteiger partial charge >= 0.3 is 5.97 Å². The zero-order valence-electron chi connectivity index (χ0n) is 18.9. The van der Waals surface area contributed by atoms with Gasteiger partial charge in [0, 0.05) is 23.9 Å². The summed E-state index contributed by atoms with van der Waals surface area (Å²) in [6.45, 7) is 4.24. The summed E-state index contributed by atoms with van der Waals surface area (Å²) in [5.41, 5.74) is 2.42. The molecule has 1 heterocycles. The largest absolute Gasteiger partial charge is 0.497 e. The summed E-state index contributed by atoms with van der Waals surface area (Å²) in [5.74, 6) is -0.188. The van der Waals surface area contributed by atoms with E-state index in [2.05, 4.69) is 5.32 Å². The van der Waals surface area contributed by atoms with E-state index in [0.717, 1.165) is 11.3 Å². The van der Waals surface area contributed by atoms with Gasteiger partial charge in [-0.25, -0.2) is 4.79 Å². The first-order valence-corrected chi connectivity index (χ1v) is 10.4. The molecule has 0 spiro atoms. The summed E-state index contributed by atoms with van der Waals surface area (Å²) in [6.07, 6.45) is 0.623.